The zero-order chi connectivity index (χ0) is 13.7. The van der Waals surface area contributed by atoms with Gasteiger partial charge in [0, 0.05) is 18.8 Å². The molecule has 18 heavy (non-hydrogen) atoms. The smallest absolute Gasteiger partial charge is 0.0568 e. The molecule has 0 saturated carbocycles. The van der Waals surface area contributed by atoms with Gasteiger partial charge in [-0.25, -0.2) is 0 Å². The quantitative estimate of drug-likeness (QED) is 0.758. The Balaban J connectivity index is 0.000000771. The van der Waals surface area contributed by atoms with Crippen molar-refractivity contribution in [2.45, 2.75) is 40.5 Å². The number of aromatic nitrogens is 2. The number of hydrogen-bond acceptors (Lipinski definition) is 1. The summed E-state index contributed by atoms with van der Waals surface area (Å²) >= 11 is 0. The van der Waals surface area contributed by atoms with E-state index in [1.807, 2.05) is 31.8 Å². The largest absolute Gasteiger partial charge is 0.275 e. The maximum atomic E-state index is 4.21. The van der Waals surface area contributed by atoms with Crippen molar-refractivity contribution in [1.82, 2.24) is 9.78 Å². The van der Waals surface area contributed by atoms with Crippen LogP contribution in [0.25, 0.3) is 11.1 Å². The summed E-state index contributed by atoms with van der Waals surface area (Å²) < 4.78 is 1.84. The van der Waals surface area contributed by atoms with Crippen molar-refractivity contribution in [2.24, 2.45) is 7.05 Å². The summed E-state index contributed by atoms with van der Waals surface area (Å²) in [5.74, 6) is 0.566. The van der Waals surface area contributed by atoms with Crippen LogP contribution in [0.1, 0.15) is 44.7 Å². The van der Waals surface area contributed by atoms with Gasteiger partial charge in [-0.2, -0.15) is 5.10 Å². The zero-order valence-corrected chi connectivity index (χ0v) is 12.4. The highest BCUT2D eigenvalue weighted by atomic mass is 15.2. The van der Waals surface area contributed by atoms with Gasteiger partial charge in [0.2, 0.25) is 0 Å². The van der Waals surface area contributed by atoms with E-state index in [0.717, 1.165) is 0 Å². The molecule has 98 valence electrons. The Morgan fingerprint density at radius 3 is 2.28 bits per heavy atom. The highest BCUT2D eigenvalue weighted by Gasteiger charge is 2.06. The average Bonchev–Trinajstić information content (AvgIpc) is 2.79. The molecular formula is C16H24N2. The van der Waals surface area contributed by atoms with Crippen molar-refractivity contribution in [3.63, 3.8) is 0 Å². The predicted octanol–water partition coefficient (Wildman–Crippen LogP) is 4.55. The molecule has 0 atom stereocenters. The summed E-state index contributed by atoms with van der Waals surface area (Å²) in [7, 11) is 1.95. The maximum Gasteiger partial charge on any atom is 0.0568 e. The molecule has 2 rings (SSSR count). The second-order valence-electron chi connectivity index (χ2n) is 4.63. The molecule has 0 fully saturated rings. The van der Waals surface area contributed by atoms with Crippen molar-refractivity contribution >= 4 is 0 Å². The lowest BCUT2D eigenvalue weighted by Crippen LogP contribution is -1.92. The molecule has 0 aliphatic carbocycles. The molecule has 1 heterocycles. The third-order valence-electron chi connectivity index (χ3n) is 2.94. The fourth-order valence-electron chi connectivity index (χ4n) is 2.01. The van der Waals surface area contributed by atoms with Crippen LogP contribution in [0.2, 0.25) is 0 Å². The first-order valence-electron chi connectivity index (χ1n) is 6.67. The van der Waals surface area contributed by atoms with Crippen LogP contribution in [-0.2, 0) is 7.05 Å². The standard InChI is InChI=1S/C14H18N2.C2H6/c1-10(2)14-7-12(6-5-11(14)3)13-8-15-16(4)9-13;1-2/h5-10H,1-4H3;1-2H3. The first-order chi connectivity index (χ1) is 8.58. The number of nitrogens with zero attached hydrogens (tertiary/aromatic N) is 2. The Hall–Kier alpha value is -1.57. The highest BCUT2D eigenvalue weighted by molar-refractivity contribution is 5.63. The van der Waals surface area contributed by atoms with Crippen molar-refractivity contribution in [3.8, 4) is 11.1 Å². The van der Waals surface area contributed by atoms with E-state index < -0.39 is 0 Å². The molecule has 0 aliphatic heterocycles. The minimum atomic E-state index is 0.566. The Morgan fingerprint density at radius 1 is 1.11 bits per heavy atom. The van der Waals surface area contributed by atoms with Crippen LogP contribution >= 0.6 is 0 Å². The van der Waals surface area contributed by atoms with Crippen LogP contribution in [-0.4, -0.2) is 9.78 Å². The van der Waals surface area contributed by atoms with E-state index >= 15 is 0 Å². The van der Waals surface area contributed by atoms with Gasteiger partial charge < -0.3 is 0 Å². The van der Waals surface area contributed by atoms with Crippen molar-refractivity contribution in [3.05, 3.63) is 41.7 Å². The number of rotatable bonds is 2. The van der Waals surface area contributed by atoms with Gasteiger partial charge in [-0.05, 0) is 29.5 Å². The normalized spacial score (nSPS) is 10.2. The van der Waals surface area contributed by atoms with Gasteiger partial charge in [-0.15, -0.1) is 0 Å². The zero-order valence-electron chi connectivity index (χ0n) is 12.4. The predicted molar refractivity (Wildman–Crippen MR) is 78.8 cm³/mol. The second kappa shape index (κ2) is 6.39. The van der Waals surface area contributed by atoms with Crippen LogP contribution in [0.5, 0.6) is 0 Å². The molecule has 2 aromatic rings. The van der Waals surface area contributed by atoms with Gasteiger partial charge in [-0.1, -0.05) is 45.9 Å². The summed E-state index contributed by atoms with van der Waals surface area (Å²) in [6.45, 7) is 10.6. The Kier molecular flexibility index (Phi) is 5.14. The van der Waals surface area contributed by atoms with Gasteiger partial charge in [-0.3, -0.25) is 4.68 Å². The molecule has 2 nitrogen and oxygen atoms in total. The average molecular weight is 244 g/mol. The van der Waals surface area contributed by atoms with Crippen molar-refractivity contribution < 1.29 is 0 Å². The number of hydrogen-bond donors (Lipinski definition) is 0. The minimum absolute atomic E-state index is 0.566. The molecule has 0 amide bonds. The lowest BCUT2D eigenvalue weighted by molar-refractivity contribution is 0.768. The van der Waals surface area contributed by atoms with E-state index in [1.54, 1.807) is 0 Å². The summed E-state index contributed by atoms with van der Waals surface area (Å²) in [5.41, 5.74) is 5.22. The molecule has 0 aliphatic rings. The fraction of sp³-hybridized carbons (Fsp3) is 0.438. The molecule has 0 radical (unpaired) electrons. The summed E-state index contributed by atoms with van der Waals surface area (Å²) in [6.07, 6.45) is 3.96. The lowest BCUT2D eigenvalue weighted by atomic mass is 9.94. The molecule has 1 aromatic heterocycles. The Labute approximate surface area is 111 Å². The third-order valence-corrected chi connectivity index (χ3v) is 2.94. The molecule has 0 unspecified atom stereocenters. The van der Waals surface area contributed by atoms with Crippen LogP contribution in [0.15, 0.2) is 30.6 Å². The topological polar surface area (TPSA) is 17.8 Å². The number of aryl methyl sites for hydroxylation is 2. The molecular weight excluding hydrogens is 220 g/mol. The first-order valence-corrected chi connectivity index (χ1v) is 6.67. The van der Waals surface area contributed by atoms with E-state index in [4.69, 9.17) is 0 Å². The van der Waals surface area contributed by atoms with E-state index in [2.05, 4.69) is 50.3 Å². The van der Waals surface area contributed by atoms with Gasteiger partial charge in [0.15, 0.2) is 0 Å². The summed E-state index contributed by atoms with van der Waals surface area (Å²) in [5, 5.41) is 4.21. The van der Waals surface area contributed by atoms with Crippen LogP contribution in [0, 0.1) is 6.92 Å². The van der Waals surface area contributed by atoms with E-state index in [1.165, 1.54) is 22.3 Å². The van der Waals surface area contributed by atoms with E-state index in [9.17, 15) is 0 Å². The molecule has 0 spiro atoms. The minimum Gasteiger partial charge on any atom is -0.275 e. The molecule has 1 aromatic carbocycles. The van der Waals surface area contributed by atoms with Crippen LogP contribution < -0.4 is 0 Å². The lowest BCUT2D eigenvalue weighted by Gasteiger charge is -2.11. The third kappa shape index (κ3) is 3.22. The second-order valence-corrected chi connectivity index (χ2v) is 4.63. The Bertz CT molecular complexity index is 496. The molecule has 0 N–H and O–H groups in total. The van der Waals surface area contributed by atoms with Gasteiger partial charge in [0.05, 0.1) is 6.20 Å². The molecule has 2 heteroatoms. The number of benzene rings is 1. The van der Waals surface area contributed by atoms with Crippen LogP contribution in [0.4, 0.5) is 0 Å². The molecule has 0 saturated heterocycles. The monoisotopic (exact) mass is 244 g/mol. The van der Waals surface area contributed by atoms with Gasteiger partial charge >= 0.3 is 0 Å². The fourth-order valence-corrected chi connectivity index (χ4v) is 2.01. The van der Waals surface area contributed by atoms with E-state index in [0.29, 0.717) is 5.92 Å². The maximum absolute atomic E-state index is 4.21. The Morgan fingerprint density at radius 2 is 1.78 bits per heavy atom. The van der Waals surface area contributed by atoms with E-state index in [-0.39, 0.29) is 0 Å². The molecule has 0 bridgehead atoms. The SMILES string of the molecule is CC.Cc1ccc(-c2cnn(C)c2)cc1C(C)C. The summed E-state index contributed by atoms with van der Waals surface area (Å²) in [6, 6.07) is 6.63. The van der Waals surface area contributed by atoms with Gasteiger partial charge in [0.1, 0.15) is 0 Å². The first kappa shape index (κ1) is 14.5. The van der Waals surface area contributed by atoms with Gasteiger partial charge in [0.25, 0.3) is 0 Å². The van der Waals surface area contributed by atoms with Crippen molar-refractivity contribution in [1.29, 1.82) is 0 Å². The van der Waals surface area contributed by atoms with Crippen LogP contribution in [0.3, 0.4) is 0 Å². The highest BCUT2D eigenvalue weighted by Crippen LogP contribution is 2.26. The summed E-state index contributed by atoms with van der Waals surface area (Å²) in [4.78, 5) is 0. The van der Waals surface area contributed by atoms with Crippen molar-refractivity contribution in [2.75, 3.05) is 0 Å².